The smallest absolute Gasteiger partial charge is 0.268 e. The lowest BCUT2D eigenvalue weighted by Gasteiger charge is -2.12. The molecular weight excluding hydrogens is 332 g/mol. The van der Waals surface area contributed by atoms with E-state index in [2.05, 4.69) is 26.2 Å². The van der Waals surface area contributed by atoms with Crippen LogP contribution in [0.4, 0.5) is 5.82 Å². The van der Waals surface area contributed by atoms with Crippen molar-refractivity contribution in [2.75, 3.05) is 19.0 Å². The zero-order valence-electron chi connectivity index (χ0n) is 12.4. The van der Waals surface area contributed by atoms with Crippen LogP contribution in [-0.2, 0) is 13.1 Å². The van der Waals surface area contributed by atoms with E-state index < -0.39 is 0 Å². The van der Waals surface area contributed by atoms with Crippen molar-refractivity contribution in [2.24, 2.45) is 0 Å². The molecule has 1 N–H and O–H groups in total. The van der Waals surface area contributed by atoms with Crippen LogP contribution in [0.2, 0.25) is 0 Å². The molecule has 1 amide bonds. The Balaban J connectivity index is 2.05. The van der Waals surface area contributed by atoms with Crippen molar-refractivity contribution < 1.29 is 4.79 Å². The van der Waals surface area contributed by atoms with Gasteiger partial charge in [-0.15, -0.1) is 0 Å². The Bertz CT molecular complexity index is 636. The standard InChI is InChI=1S/C15H19BrN4O/c1-4-20-10-12(16)8-13(20)15(21)18-9-11-5-6-17-14(7-11)19(2)3/h5-8,10H,4,9H2,1-3H3,(H,18,21). The van der Waals surface area contributed by atoms with Crippen molar-refractivity contribution >= 4 is 27.7 Å². The SMILES string of the molecule is CCn1cc(Br)cc1C(=O)NCc1ccnc(N(C)C)c1. The number of halogens is 1. The second-order valence-electron chi connectivity index (χ2n) is 4.93. The number of hydrogen-bond acceptors (Lipinski definition) is 3. The van der Waals surface area contributed by atoms with Crippen molar-refractivity contribution in [3.8, 4) is 0 Å². The first-order valence-electron chi connectivity index (χ1n) is 6.77. The third kappa shape index (κ3) is 3.85. The van der Waals surface area contributed by atoms with E-state index >= 15 is 0 Å². The summed E-state index contributed by atoms with van der Waals surface area (Å²) in [4.78, 5) is 18.4. The minimum Gasteiger partial charge on any atom is -0.363 e. The highest BCUT2D eigenvalue weighted by atomic mass is 79.9. The van der Waals surface area contributed by atoms with Crippen molar-refractivity contribution in [3.63, 3.8) is 0 Å². The number of nitrogens with zero attached hydrogens (tertiary/aromatic N) is 3. The molecular formula is C15H19BrN4O. The summed E-state index contributed by atoms with van der Waals surface area (Å²) in [5.41, 5.74) is 1.68. The topological polar surface area (TPSA) is 50.2 Å². The molecule has 2 rings (SSSR count). The molecule has 2 heterocycles. The average molecular weight is 351 g/mol. The number of anilines is 1. The number of amides is 1. The maximum Gasteiger partial charge on any atom is 0.268 e. The normalized spacial score (nSPS) is 10.5. The summed E-state index contributed by atoms with van der Waals surface area (Å²) in [6.45, 7) is 3.25. The van der Waals surface area contributed by atoms with Gasteiger partial charge in [-0.3, -0.25) is 4.79 Å². The number of nitrogens with one attached hydrogen (secondary N) is 1. The molecule has 0 aliphatic rings. The van der Waals surface area contributed by atoms with Gasteiger partial charge in [0.1, 0.15) is 11.5 Å². The number of rotatable bonds is 5. The summed E-state index contributed by atoms with van der Waals surface area (Å²) in [6, 6.07) is 5.70. The monoisotopic (exact) mass is 350 g/mol. The largest absolute Gasteiger partial charge is 0.363 e. The maximum absolute atomic E-state index is 12.3. The second-order valence-corrected chi connectivity index (χ2v) is 5.84. The lowest BCUT2D eigenvalue weighted by atomic mass is 10.2. The molecule has 0 aliphatic carbocycles. The van der Waals surface area contributed by atoms with Crippen molar-refractivity contribution in [3.05, 3.63) is 46.3 Å². The predicted octanol–water partition coefficient (Wildman–Crippen LogP) is 2.66. The average Bonchev–Trinajstić information content (AvgIpc) is 2.86. The van der Waals surface area contributed by atoms with Crippen LogP contribution in [0.5, 0.6) is 0 Å². The molecule has 0 spiro atoms. The van der Waals surface area contributed by atoms with Gasteiger partial charge in [0.25, 0.3) is 5.91 Å². The van der Waals surface area contributed by atoms with Gasteiger partial charge >= 0.3 is 0 Å². The van der Waals surface area contributed by atoms with Crippen LogP contribution in [0.15, 0.2) is 35.1 Å². The number of hydrogen-bond donors (Lipinski definition) is 1. The first kappa shape index (κ1) is 15.6. The first-order chi connectivity index (χ1) is 10.0. The summed E-state index contributed by atoms with van der Waals surface area (Å²) in [5, 5.41) is 2.94. The minimum absolute atomic E-state index is 0.0780. The molecule has 0 saturated carbocycles. The lowest BCUT2D eigenvalue weighted by molar-refractivity contribution is 0.0941. The van der Waals surface area contributed by atoms with Gasteiger partial charge < -0.3 is 14.8 Å². The van der Waals surface area contributed by atoms with E-state index in [1.165, 1.54) is 0 Å². The van der Waals surface area contributed by atoms with Crippen molar-refractivity contribution in [2.45, 2.75) is 20.0 Å². The molecule has 0 atom stereocenters. The fraction of sp³-hybridized carbons (Fsp3) is 0.333. The highest BCUT2D eigenvalue weighted by Crippen LogP contribution is 2.15. The number of aryl methyl sites for hydroxylation is 1. The summed E-state index contributed by atoms with van der Waals surface area (Å²) in [5.74, 6) is 0.798. The van der Waals surface area contributed by atoms with Crippen LogP contribution in [0, 0.1) is 0 Å². The molecule has 5 nitrogen and oxygen atoms in total. The number of carbonyl (C=O) groups excluding carboxylic acids is 1. The van der Waals surface area contributed by atoms with Gasteiger partial charge in [-0.25, -0.2) is 4.98 Å². The number of carbonyl (C=O) groups is 1. The molecule has 112 valence electrons. The van der Waals surface area contributed by atoms with Gasteiger partial charge in [0.2, 0.25) is 0 Å². The van der Waals surface area contributed by atoms with Gasteiger partial charge in [0.15, 0.2) is 0 Å². The summed E-state index contributed by atoms with van der Waals surface area (Å²) in [6.07, 6.45) is 3.66. The van der Waals surface area contributed by atoms with Crippen LogP contribution in [0.25, 0.3) is 0 Å². The van der Waals surface area contributed by atoms with Crippen LogP contribution < -0.4 is 10.2 Å². The van der Waals surface area contributed by atoms with Gasteiger partial charge in [-0.1, -0.05) is 0 Å². The molecule has 0 aromatic carbocycles. The maximum atomic E-state index is 12.3. The predicted molar refractivity (Wildman–Crippen MR) is 87.5 cm³/mol. The molecule has 0 aliphatic heterocycles. The van der Waals surface area contributed by atoms with E-state index in [9.17, 15) is 4.79 Å². The summed E-state index contributed by atoms with van der Waals surface area (Å²) >= 11 is 3.40. The summed E-state index contributed by atoms with van der Waals surface area (Å²) in [7, 11) is 3.88. The van der Waals surface area contributed by atoms with Gasteiger partial charge in [0.05, 0.1) is 0 Å². The summed E-state index contributed by atoms with van der Waals surface area (Å²) < 4.78 is 2.82. The minimum atomic E-state index is -0.0780. The van der Waals surface area contributed by atoms with E-state index in [0.29, 0.717) is 12.2 Å². The fourth-order valence-corrected chi connectivity index (χ4v) is 2.48. The Labute approximate surface area is 133 Å². The van der Waals surface area contributed by atoms with Crippen molar-refractivity contribution in [1.82, 2.24) is 14.9 Å². The van der Waals surface area contributed by atoms with E-state index in [0.717, 1.165) is 22.4 Å². The van der Waals surface area contributed by atoms with E-state index in [4.69, 9.17) is 0 Å². The lowest BCUT2D eigenvalue weighted by Crippen LogP contribution is -2.25. The quantitative estimate of drug-likeness (QED) is 0.901. The van der Waals surface area contributed by atoms with Crippen LogP contribution in [0.1, 0.15) is 23.0 Å². The van der Waals surface area contributed by atoms with E-state index in [-0.39, 0.29) is 5.91 Å². The molecule has 2 aromatic heterocycles. The third-order valence-corrected chi connectivity index (χ3v) is 3.59. The van der Waals surface area contributed by atoms with E-state index in [1.54, 1.807) is 6.20 Å². The van der Waals surface area contributed by atoms with Gasteiger partial charge in [-0.05, 0) is 46.6 Å². The molecule has 6 heteroatoms. The Morgan fingerprint density at radius 3 is 2.86 bits per heavy atom. The molecule has 0 radical (unpaired) electrons. The zero-order chi connectivity index (χ0) is 15.4. The van der Waals surface area contributed by atoms with E-state index in [1.807, 2.05) is 54.9 Å². The van der Waals surface area contributed by atoms with Crippen LogP contribution in [0.3, 0.4) is 0 Å². The fourth-order valence-electron chi connectivity index (χ4n) is 2.01. The van der Waals surface area contributed by atoms with Crippen molar-refractivity contribution in [1.29, 1.82) is 0 Å². The highest BCUT2D eigenvalue weighted by Gasteiger charge is 2.12. The third-order valence-electron chi connectivity index (χ3n) is 3.16. The second kappa shape index (κ2) is 6.76. The Kier molecular flexibility index (Phi) is 5.01. The molecule has 2 aromatic rings. The Hall–Kier alpha value is -1.82. The number of pyridine rings is 1. The van der Waals surface area contributed by atoms with Gasteiger partial charge in [0, 0.05) is 44.1 Å². The first-order valence-corrected chi connectivity index (χ1v) is 7.56. The molecule has 0 bridgehead atoms. The Morgan fingerprint density at radius 2 is 2.19 bits per heavy atom. The zero-order valence-corrected chi connectivity index (χ0v) is 14.0. The highest BCUT2D eigenvalue weighted by molar-refractivity contribution is 9.10. The molecule has 0 unspecified atom stereocenters. The molecule has 21 heavy (non-hydrogen) atoms. The van der Waals surface area contributed by atoms with Gasteiger partial charge in [-0.2, -0.15) is 0 Å². The Morgan fingerprint density at radius 1 is 1.43 bits per heavy atom. The molecule has 0 saturated heterocycles. The van der Waals surface area contributed by atoms with Crippen LogP contribution in [-0.4, -0.2) is 29.6 Å². The van der Waals surface area contributed by atoms with Crippen LogP contribution >= 0.6 is 15.9 Å². The number of aromatic nitrogens is 2. The molecule has 0 fully saturated rings.